The predicted molar refractivity (Wildman–Crippen MR) is 155 cm³/mol. The zero-order valence-corrected chi connectivity index (χ0v) is 23.6. The van der Waals surface area contributed by atoms with Crippen LogP contribution in [0.3, 0.4) is 0 Å². The number of ether oxygens (including phenoxy) is 1. The Morgan fingerprint density at radius 1 is 0.952 bits per heavy atom. The first-order valence-corrected chi connectivity index (χ1v) is 14.1. The van der Waals surface area contributed by atoms with Gasteiger partial charge in [-0.1, -0.05) is 40.2 Å². The maximum absolute atomic E-state index is 14.1. The molecular weight excluding hydrogens is 610 g/mol. The van der Waals surface area contributed by atoms with Crippen molar-refractivity contribution >= 4 is 55.9 Å². The van der Waals surface area contributed by atoms with Crippen LogP contribution in [0, 0.1) is 0 Å². The maximum atomic E-state index is 14.1. The largest absolute Gasteiger partial charge is 0.507 e. The monoisotopic (exact) mass is 631 g/mol. The molecule has 6 rings (SSSR count). The zero-order chi connectivity index (χ0) is 30.1. The SMILES string of the molecule is C/C=C/C=C/c1cc2cc3c(c(O)c2c(=O)[nH]1)[C@@]1(CC3)C(=O)c2c(O)c3c(c(O)c2C1=O)C(=O)C(OCCBr)=CC3=O. The van der Waals surface area contributed by atoms with Crippen molar-refractivity contribution in [2.75, 3.05) is 11.9 Å². The Bertz CT molecular complexity index is 1960. The number of aryl methyl sites for hydroxylation is 1. The number of nitrogens with one attached hydrogen (secondary N) is 1. The highest BCUT2D eigenvalue weighted by Gasteiger charge is 2.61. The van der Waals surface area contributed by atoms with Gasteiger partial charge in [0.25, 0.3) is 5.56 Å². The smallest absolute Gasteiger partial charge is 0.260 e. The molecule has 0 bridgehead atoms. The fourth-order valence-electron chi connectivity index (χ4n) is 6.22. The Kier molecular flexibility index (Phi) is 6.30. The first-order chi connectivity index (χ1) is 20.1. The second-order valence-electron chi connectivity index (χ2n) is 10.2. The minimum atomic E-state index is -2.08. The van der Waals surface area contributed by atoms with E-state index in [1.54, 1.807) is 30.4 Å². The molecule has 1 spiro atoms. The highest BCUT2D eigenvalue weighted by atomic mass is 79.9. The molecule has 0 saturated heterocycles. The van der Waals surface area contributed by atoms with E-state index < -0.39 is 73.6 Å². The number of aromatic hydroxyl groups is 3. The predicted octanol–water partition coefficient (Wildman–Crippen LogP) is 4.17. The molecule has 11 heteroatoms. The number of aromatic amines is 1. The number of Topliss-reactive ketones (excluding diaryl/α,β-unsaturated/α-hetero) is 3. The topological polar surface area (TPSA) is 171 Å². The summed E-state index contributed by atoms with van der Waals surface area (Å²) in [6.45, 7) is 1.86. The Hall–Kier alpha value is -4.77. The van der Waals surface area contributed by atoms with Crippen LogP contribution in [0.4, 0.5) is 0 Å². The van der Waals surface area contributed by atoms with Crippen LogP contribution >= 0.6 is 15.9 Å². The summed E-state index contributed by atoms with van der Waals surface area (Å²) >= 11 is 3.15. The van der Waals surface area contributed by atoms with E-state index in [9.17, 15) is 39.3 Å². The van der Waals surface area contributed by atoms with E-state index in [0.717, 1.165) is 6.08 Å². The molecule has 3 aromatic rings. The molecule has 1 atom stereocenters. The highest BCUT2D eigenvalue weighted by molar-refractivity contribution is 9.09. The van der Waals surface area contributed by atoms with Crippen LogP contribution in [-0.2, 0) is 16.6 Å². The minimum absolute atomic E-state index is 0.0229. The number of rotatable bonds is 5. The zero-order valence-electron chi connectivity index (χ0n) is 22.0. The first-order valence-electron chi connectivity index (χ1n) is 13.0. The number of aromatic nitrogens is 1. The Morgan fingerprint density at radius 2 is 1.64 bits per heavy atom. The molecule has 10 nitrogen and oxygen atoms in total. The maximum Gasteiger partial charge on any atom is 0.260 e. The van der Waals surface area contributed by atoms with E-state index in [4.69, 9.17) is 4.74 Å². The van der Waals surface area contributed by atoms with Gasteiger partial charge in [0.1, 0.15) is 22.7 Å². The third-order valence-electron chi connectivity index (χ3n) is 7.96. The second kappa shape index (κ2) is 9.66. The average Bonchev–Trinajstić information content (AvgIpc) is 3.44. The van der Waals surface area contributed by atoms with E-state index in [-0.39, 0.29) is 36.2 Å². The molecule has 0 saturated carbocycles. The van der Waals surface area contributed by atoms with Crippen molar-refractivity contribution in [3.63, 3.8) is 0 Å². The van der Waals surface area contributed by atoms with Crippen molar-refractivity contribution in [2.45, 2.75) is 25.2 Å². The lowest BCUT2D eigenvalue weighted by Crippen LogP contribution is -2.36. The summed E-state index contributed by atoms with van der Waals surface area (Å²) in [6.07, 6.45) is 7.87. The van der Waals surface area contributed by atoms with Crippen molar-refractivity contribution < 1.29 is 39.2 Å². The fourth-order valence-corrected chi connectivity index (χ4v) is 6.38. The van der Waals surface area contributed by atoms with Crippen LogP contribution < -0.4 is 5.56 Å². The van der Waals surface area contributed by atoms with E-state index in [2.05, 4.69) is 20.9 Å². The van der Waals surface area contributed by atoms with Gasteiger partial charge in [0.05, 0.1) is 34.2 Å². The summed E-state index contributed by atoms with van der Waals surface area (Å²) < 4.78 is 5.30. The third-order valence-corrected chi connectivity index (χ3v) is 8.28. The summed E-state index contributed by atoms with van der Waals surface area (Å²) in [5, 5.41) is 34.4. The van der Waals surface area contributed by atoms with Gasteiger partial charge in [0.2, 0.25) is 5.78 Å². The summed E-state index contributed by atoms with van der Waals surface area (Å²) in [7, 11) is 0. The molecule has 212 valence electrons. The molecule has 1 heterocycles. The average molecular weight is 632 g/mol. The van der Waals surface area contributed by atoms with Crippen LogP contribution in [0.15, 0.2) is 47.0 Å². The summed E-state index contributed by atoms with van der Waals surface area (Å²) in [5.41, 5.74) is -4.41. The van der Waals surface area contributed by atoms with Gasteiger partial charge in [-0.3, -0.25) is 24.0 Å². The molecule has 0 amide bonds. The van der Waals surface area contributed by atoms with Crippen LogP contribution in [-0.4, -0.2) is 55.4 Å². The minimum Gasteiger partial charge on any atom is -0.507 e. The van der Waals surface area contributed by atoms with Gasteiger partial charge < -0.3 is 25.0 Å². The number of benzene rings is 2. The van der Waals surface area contributed by atoms with Crippen LogP contribution in [0.2, 0.25) is 0 Å². The fraction of sp³-hybridized carbons (Fsp3) is 0.194. The number of carbonyl (C=O) groups excluding carboxylic acids is 4. The second-order valence-corrected chi connectivity index (χ2v) is 11.0. The van der Waals surface area contributed by atoms with Crippen molar-refractivity contribution in [1.29, 1.82) is 0 Å². The van der Waals surface area contributed by atoms with Gasteiger partial charge >= 0.3 is 0 Å². The number of carbonyl (C=O) groups is 4. The Labute approximate surface area is 245 Å². The Morgan fingerprint density at radius 3 is 2.31 bits per heavy atom. The molecule has 3 aliphatic rings. The third kappa shape index (κ3) is 3.52. The van der Waals surface area contributed by atoms with Gasteiger partial charge in [-0.05, 0) is 42.9 Å². The van der Waals surface area contributed by atoms with Gasteiger partial charge in [0.15, 0.2) is 23.1 Å². The van der Waals surface area contributed by atoms with E-state index in [1.165, 1.54) is 0 Å². The Balaban J connectivity index is 1.55. The number of phenols is 3. The van der Waals surface area contributed by atoms with Gasteiger partial charge in [-0.2, -0.15) is 0 Å². The number of allylic oxidation sites excluding steroid dienone is 5. The van der Waals surface area contributed by atoms with Gasteiger partial charge in [-0.15, -0.1) is 0 Å². The molecule has 0 aliphatic heterocycles. The number of fused-ring (bicyclic) bond motifs is 5. The molecule has 1 aromatic heterocycles. The number of H-pyrrole nitrogens is 1. The molecular formula is C31H22BrNO9. The lowest BCUT2D eigenvalue weighted by Gasteiger charge is -2.22. The number of hydrogen-bond donors (Lipinski definition) is 4. The van der Waals surface area contributed by atoms with E-state index >= 15 is 0 Å². The van der Waals surface area contributed by atoms with E-state index in [1.807, 2.05) is 13.0 Å². The van der Waals surface area contributed by atoms with Crippen LogP contribution in [0.25, 0.3) is 16.8 Å². The molecule has 2 aromatic carbocycles. The number of pyridine rings is 1. The van der Waals surface area contributed by atoms with Crippen LogP contribution in [0.5, 0.6) is 17.2 Å². The molecule has 3 aliphatic carbocycles. The molecule has 42 heavy (non-hydrogen) atoms. The van der Waals surface area contributed by atoms with Gasteiger partial charge in [0, 0.05) is 22.7 Å². The summed E-state index contributed by atoms with van der Waals surface area (Å²) in [5.74, 6) is -6.52. The van der Waals surface area contributed by atoms with Crippen molar-refractivity contribution in [3.05, 3.63) is 91.6 Å². The van der Waals surface area contributed by atoms with Crippen molar-refractivity contribution in [2.24, 2.45) is 0 Å². The standard InChI is InChI=1S/C31H22BrNO9/c1-2-3-4-5-15-11-14-10-13-6-7-31(23(13)27(38)18(14)30(41)33-15)28(39)21-22(29(31)40)26(37)20-19(25(21)36)16(34)12-17(24(20)35)42-9-8-32/h2-5,10-12,36-38H,6-9H2,1H3,(H,33,41)/b3-2+,5-4+/t31-/m0/s1. The lowest BCUT2D eigenvalue weighted by atomic mass is 9.76. The molecule has 0 radical (unpaired) electrons. The highest BCUT2D eigenvalue weighted by Crippen LogP contribution is 2.57. The number of halogens is 1. The number of ketones is 4. The lowest BCUT2D eigenvalue weighted by molar-refractivity contribution is 0.0790. The van der Waals surface area contributed by atoms with Gasteiger partial charge in [-0.25, -0.2) is 0 Å². The summed E-state index contributed by atoms with van der Waals surface area (Å²) in [6, 6.07) is 3.28. The normalized spacial score (nSPS) is 19.3. The number of hydrogen-bond acceptors (Lipinski definition) is 9. The number of alkyl halides is 1. The quantitative estimate of drug-likeness (QED) is 0.140. The van der Waals surface area contributed by atoms with Crippen LogP contribution in [0.1, 0.15) is 71.6 Å². The summed E-state index contributed by atoms with van der Waals surface area (Å²) in [4.78, 5) is 70.1. The molecule has 0 fully saturated rings. The number of phenolic OH excluding ortho intramolecular Hbond substituents is 3. The van der Waals surface area contributed by atoms with Crippen molar-refractivity contribution in [1.82, 2.24) is 4.98 Å². The molecule has 0 unspecified atom stereocenters. The van der Waals surface area contributed by atoms with E-state index in [0.29, 0.717) is 22.0 Å². The molecule has 4 N–H and O–H groups in total. The first kappa shape index (κ1) is 27.4. The van der Waals surface area contributed by atoms with Crippen molar-refractivity contribution in [3.8, 4) is 17.2 Å².